The molecule has 0 radical (unpaired) electrons. The number of rotatable bonds is 5. The van der Waals surface area contributed by atoms with E-state index in [1.54, 1.807) is 12.4 Å². The standard InChI is InChI=1S/C14H24N4/c1-18(2)13(12-7-4-3-5-8-12)11-17-14-15-9-6-10-16-14/h6,9-10,12-13H,3-5,7-8,11H2,1-2H3,(H,15,16,17). The van der Waals surface area contributed by atoms with Crippen molar-refractivity contribution in [1.82, 2.24) is 14.9 Å². The average molecular weight is 248 g/mol. The highest BCUT2D eigenvalue weighted by atomic mass is 15.2. The van der Waals surface area contributed by atoms with Crippen LogP contribution in [-0.2, 0) is 0 Å². The van der Waals surface area contributed by atoms with Crippen LogP contribution in [0.1, 0.15) is 32.1 Å². The van der Waals surface area contributed by atoms with E-state index in [-0.39, 0.29) is 0 Å². The van der Waals surface area contributed by atoms with E-state index >= 15 is 0 Å². The molecular weight excluding hydrogens is 224 g/mol. The topological polar surface area (TPSA) is 41.0 Å². The number of nitrogens with one attached hydrogen (secondary N) is 1. The Morgan fingerprint density at radius 1 is 1.22 bits per heavy atom. The molecule has 2 rings (SSSR count). The Morgan fingerprint density at radius 3 is 2.50 bits per heavy atom. The van der Waals surface area contributed by atoms with E-state index in [1.807, 2.05) is 6.07 Å². The lowest BCUT2D eigenvalue weighted by molar-refractivity contribution is 0.179. The van der Waals surface area contributed by atoms with Crippen LogP contribution in [0.2, 0.25) is 0 Å². The van der Waals surface area contributed by atoms with Gasteiger partial charge in [-0.15, -0.1) is 0 Å². The highest BCUT2D eigenvalue weighted by Gasteiger charge is 2.25. The fourth-order valence-electron chi connectivity index (χ4n) is 2.88. The minimum Gasteiger partial charge on any atom is -0.353 e. The van der Waals surface area contributed by atoms with Gasteiger partial charge < -0.3 is 10.2 Å². The molecule has 18 heavy (non-hydrogen) atoms. The first-order chi connectivity index (χ1) is 8.77. The summed E-state index contributed by atoms with van der Waals surface area (Å²) in [6.07, 6.45) is 10.5. The largest absolute Gasteiger partial charge is 0.353 e. The number of hydrogen-bond donors (Lipinski definition) is 1. The van der Waals surface area contributed by atoms with Gasteiger partial charge in [-0.05, 0) is 38.9 Å². The highest BCUT2D eigenvalue weighted by molar-refractivity contribution is 5.22. The van der Waals surface area contributed by atoms with Gasteiger partial charge in [-0.2, -0.15) is 0 Å². The van der Waals surface area contributed by atoms with Crippen LogP contribution in [0.3, 0.4) is 0 Å². The molecule has 100 valence electrons. The van der Waals surface area contributed by atoms with Crippen molar-refractivity contribution in [3.63, 3.8) is 0 Å². The molecule has 0 saturated heterocycles. The zero-order valence-corrected chi connectivity index (χ0v) is 11.5. The minimum absolute atomic E-state index is 0.578. The Hall–Kier alpha value is -1.16. The van der Waals surface area contributed by atoms with Gasteiger partial charge in [0.15, 0.2) is 0 Å². The van der Waals surface area contributed by atoms with Crippen LogP contribution in [0.4, 0.5) is 5.95 Å². The van der Waals surface area contributed by atoms with Crippen molar-refractivity contribution < 1.29 is 0 Å². The first-order valence-corrected chi connectivity index (χ1v) is 6.94. The highest BCUT2D eigenvalue weighted by Crippen LogP contribution is 2.28. The lowest BCUT2D eigenvalue weighted by Crippen LogP contribution is -2.41. The predicted octanol–water partition coefficient (Wildman–Crippen LogP) is 2.40. The quantitative estimate of drug-likeness (QED) is 0.868. The van der Waals surface area contributed by atoms with Crippen molar-refractivity contribution in [1.29, 1.82) is 0 Å². The molecule has 1 aliphatic rings. The summed E-state index contributed by atoms with van der Waals surface area (Å²) in [5.74, 6) is 1.55. The van der Waals surface area contributed by atoms with Crippen LogP contribution >= 0.6 is 0 Å². The molecule has 1 heterocycles. The third-order valence-corrected chi connectivity index (χ3v) is 3.89. The second-order valence-electron chi connectivity index (χ2n) is 5.38. The Bertz CT molecular complexity index is 333. The first-order valence-electron chi connectivity index (χ1n) is 6.94. The Morgan fingerprint density at radius 2 is 1.89 bits per heavy atom. The molecule has 4 nitrogen and oxygen atoms in total. The maximum atomic E-state index is 4.21. The lowest BCUT2D eigenvalue weighted by atomic mass is 9.83. The molecular formula is C14H24N4. The van der Waals surface area contributed by atoms with Gasteiger partial charge in [0.05, 0.1) is 0 Å². The van der Waals surface area contributed by atoms with E-state index in [1.165, 1.54) is 32.1 Å². The van der Waals surface area contributed by atoms with E-state index in [9.17, 15) is 0 Å². The fourth-order valence-corrected chi connectivity index (χ4v) is 2.88. The summed E-state index contributed by atoms with van der Waals surface area (Å²) in [6.45, 7) is 0.932. The Labute approximate surface area is 110 Å². The SMILES string of the molecule is CN(C)C(CNc1ncccn1)C1CCCCC1. The van der Waals surface area contributed by atoms with Gasteiger partial charge in [0.1, 0.15) is 0 Å². The summed E-state index contributed by atoms with van der Waals surface area (Å²) in [6, 6.07) is 2.42. The normalized spacial score (nSPS) is 18.8. The van der Waals surface area contributed by atoms with Crippen LogP contribution in [0.5, 0.6) is 0 Å². The zero-order valence-electron chi connectivity index (χ0n) is 11.5. The summed E-state index contributed by atoms with van der Waals surface area (Å²) in [5, 5.41) is 3.36. The van der Waals surface area contributed by atoms with Crippen molar-refractivity contribution >= 4 is 5.95 Å². The first kappa shape index (κ1) is 13.3. The number of anilines is 1. The monoisotopic (exact) mass is 248 g/mol. The average Bonchev–Trinajstić information content (AvgIpc) is 2.41. The van der Waals surface area contributed by atoms with E-state index in [2.05, 4.69) is 34.3 Å². The molecule has 0 aliphatic heterocycles. The van der Waals surface area contributed by atoms with Crippen LogP contribution in [0.25, 0.3) is 0 Å². The molecule has 1 atom stereocenters. The third kappa shape index (κ3) is 3.67. The molecule has 1 N–H and O–H groups in total. The summed E-state index contributed by atoms with van der Waals surface area (Å²) in [7, 11) is 4.35. The second kappa shape index (κ2) is 6.69. The molecule has 1 fully saturated rings. The van der Waals surface area contributed by atoms with Crippen LogP contribution in [0, 0.1) is 5.92 Å². The van der Waals surface area contributed by atoms with Crippen molar-refractivity contribution in [3.8, 4) is 0 Å². The van der Waals surface area contributed by atoms with Crippen LogP contribution in [-0.4, -0.2) is 41.5 Å². The second-order valence-corrected chi connectivity index (χ2v) is 5.38. The van der Waals surface area contributed by atoms with E-state index in [4.69, 9.17) is 0 Å². The fraction of sp³-hybridized carbons (Fsp3) is 0.714. The van der Waals surface area contributed by atoms with Crippen molar-refractivity contribution in [2.45, 2.75) is 38.1 Å². The molecule has 1 aromatic rings. The van der Waals surface area contributed by atoms with Gasteiger partial charge in [-0.25, -0.2) is 9.97 Å². The van der Waals surface area contributed by atoms with Crippen molar-refractivity contribution in [3.05, 3.63) is 18.5 Å². The van der Waals surface area contributed by atoms with Gasteiger partial charge in [0, 0.05) is 25.0 Å². The maximum absolute atomic E-state index is 4.21. The smallest absolute Gasteiger partial charge is 0.222 e. The molecule has 4 heteroatoms. The molecule has 0 bridgehead atoms. The zero-order chi connectivity index (χ0) is 12.8. The number of likely N-dealkylation sites (N-methyl/N-ethyl adjacent to an activating group) is 1. The lowest BCUT2D eigenvalue weighted by Gasteiger charge is -2.34. The van der Waals surface area contributed by atoms with Crippen molar-refractivity contribution in [2.24, 2.45) is 5.92 Å². The molecule has 1 aliphatic carbocycles. The number of hydrogen-bond acceptors (Lipinski definition) is 4. The summed E-state index contributed by atoms with van der Waals surface area (Å²) in [4.78, 5) is 10.8. The Kier molecular flexibility index (Phi) is 4.93. The third-order valence-electron chi connectivity index (χ3n) is 3.89. The van der Waals surface area contributed by atoms with Gasteiger partial charge in [-0.1, -0.05) is 19.3 Å². The molecule has 0 spiro atoms. The summed E-state index contributed by atoms with van der Waals surface area (Å²) in [5.41, 5.74) is 0. The minimum atomic E-state index is 0.578. The molecule has 1 unspecified atom stereocenters. The van der Waals surface area contributed by atoms with Gasteiger partial charge in [-0.3, -0.25) is 0 Å². The predicted molar refractivity (Wildman–Crippen MR) is 74.6 cm³/mol. The molecule has 1 aromatic heterocycles. The molecule has 1 saturated carbocycles. The van der Waals surface area contributed by atoms with Crippen LogP contribution < -0.4 is 5.32 Å². The number of nitrogens with zero attached hydrogens (tertiary/aromatic N) is 3. The maximum Gasteiger partial charge on any atom is 0.222 e. The van der Waals surface area contributed by atoms with E-state index in [0.717, 1.165) is 18.4 Å². The molecule has 0 aromatic carbocycles. The number of aromatic nitrogens is 2. The summed E-state index contributed by atoms with van der Waals surface area (Å²) < 4.78 is 0. The van der Waals surface area contributed by atoms with E-state index < -0.39 is 0 Å². The van der Waals surface area contributed by atoms with Gasteiger partial charge in [0.2, 0.25) is 5.95 Å². The summed E-state index contributed by atoms with van der Waals surface area (Å²) >= 11 is 0. The van der Waals surface area contributed by atoms with Gasteiger partial charge in [0.25, 0.3) is 0 Å². The Balaban J connectivity index is 1.90. The van der Waals surface area contributed by atoms with E-state index in [0.29, 0.717) is 6.04 Å². The van der Waals surface area contributed by atoms with Gasteiger partial charge >= 0.3 is 0 Å². The van der Waals surface area contributed by atoms with Crippen molar-refractivity contribution in [2.75, 3.05) is 26.0 Å². The van der Waals surface area contributed by atoms with Crippen LogP contribution in [0.15, 0.2) is 18.5 Å². The molecule has 0 amide bonds.